The van der Waals surface area contributed by atoms with Crippen molar-refractivity contribution in [2.24, 2.45) is 0 Å². The summed E-state index contributed by atoms with van der Waals surface area (Å²) in [5.41, 5.74) is 0.520. The van der Waals surface area contributed by atoms with E-state index in [0.29, 0.717) is 5.69 Å². The van der Waals surface area contributed by atoms with E-state index in [0.717, 1.165) is 0 Å². The van der Waals surface area contributed by atoms with Crippen molar-refractivity contribution in [2.45, 2.75) is 6.92 Å². The number of methoxy groups -OCH3 is 1. The molecule has 0 aliphatic heterocycles. The fourth-order valence-corrected chi connectivity index (χ4v) is 0.594. The molecule has 1 rings (SSSR count). The van der Waals surface area contributed by atoms with Crippen molar-refractivity contribution in [1.82, 2.24) is 9.97 Å². The van der Waals surface area contributed by atoms with E-state index < -0.39 is 0 Å². The largest absolute Gasteiger partial charge is 0.502 e. The van der Waals surface area contributed by atoms with Crippen LogP contribution in [0.5, 0.6) is 11.6 Å². The van der Waals surface area contributed by atoms with E-state index in [1.165, 1.54) is 13.4 Å². The van der Waals surface area contributed by atoms with Gasteiger partial charge in [-0.1, -0.05) is 0 Å². The van der Waals surface area contributed by atoms with Gasteiger partial charge in [0.15, 0.2) is 5.75 Å². The van der Waals surface area contributed by atoms with Crippen LogP contribution in [0.1, 0.15) is 5.69 Å². The van der Waals surface area contributed by atoms with E-state index in [2.05, 4.69) is 9.97 Å². The molecular weight excluding hydrogens is 132 g/mol. The van der Waals surface area contributed by atoms with Crippen LogP contribution in [0.3, 0.4) is 0 Å². The number of ether oxygens (including phenoxy) is 1. The first-order valence-corrected chi connectivity index (χ1v) is 2.80. The van der Waals surface area contributed by atoms with Crippen LogP contribution in [0.2, 0.25) is 0 Å². The molecule has 1 N–H and O–H groups in total. The summed E-state index contributed by atoms with van der Waals surface area (Å²) in [6.07, 6.45) is 1.34. The maximum atomic E-state index is 9.15. The molecule has 10 heavy (non-hydrogen) atoms. The summed E-state index contributed by atoms with van der Waals surface area (Å²) in [7, 11) is 1.45. The van der Waals surface area contributed by atoms with E-state index in [-0.39, 0.29) is 11.6 Å². The number of rotatable bonds is 1. The summed E-state index contributed by atoms with van der Waals surface area (Å²) in [4.78, 5) is 7.42. The van der Waals surface area contributed by atoms with Gasteiger partial charge in [-0.25, -0.2) is 4.98 Å². The molecule has 0 atom stereocenters. The van der Waals surface area contributed by atoms with Gasteiger partial charge in [-0.15, -0.1) is 0 Å². The van der Waals surface area contributed by atoms with E-state index in [4.69, 9.17) is 9.84 Å². The molecule has 0 bridgehead atoms. The minimum absolute atomic E-state index is 0.00463. The molecule has 4 nitrogen and oxygen atoms in total. The number of nitrogens with zero attached hydrogens (tertiary/aromatic N) is 2. The zero-order valence-corrected chi connectivity index (χ0v) is 5.83. The minimum Gasteiger partial charge on any atom is -0.502 e. The monoisotopic (exact) mass is 140 g/mol. The lowest BCUT2D eigenvalue weighted by Crippen LogP contribution is -1.91. The average Bonchev–Trinajstić information content (AvgIpc) is 1.95. The Bertz CT molecular complexity index is 237. The van der Waals surface area contributed by atoms with Crippen LogP contribution in [0, 0.1) is 6.92 Å². The highest BCUT2D eigenvalue weighted by atomic mass is 16.5. The van der Waals surface area contributed by atoms with E-state index in [9.17, 15) is 0 Å². The van der Waals surface area contributed by atoms with Crippen LogP contribution in [0.4, 0.5) is 0 Å². The lowest BCUT2D eigenvalue weighted by Gasteiger charge is -2.01. The summed E-state index contributed by atoms with van der Waals surface area (Å²) in [5, 5.41) is 9.15. The Morgan fingerprint density at radius 1 is 1.50 bits per heavy atom. The zero-order valence-electron chi connectivity index (χ0n) is 5.83. The predicted molar refractivity (Wildman–Crippen MR) is 35.0 cm³/mol. The normalized spacial score (nSPS) is 9.40. The maximum Gasteiger partial charge on any atom is 0.259 e. The molecule has 54 valence electrons. The lowest BCUT2D eigenvalue weighted by molar-refractivity contribution is 0.354. The standard InChI is InChI=1S/C6H8N2O2/c1-4-5(9)6(10-2)8-3-7-4/h3,9H,1-2H3. The van der Waals surface area contributed by atoms with Crippen molar-refractivity contribution < 1.29 is 9.84 Å². The Morgan fingerprint density at radius 3 is 2.70 bits per heavy atom. The van der Waals surface area contributed by atoms with Crippen LogP contribution in [0.15, 0.2) is 6.33 Å². The topological polar surface area (TPSA) is 55.2 Å². The molecule has 0 amide bonds. The Kier molecular flexibility index (Phi) is 1.71. The molecule has 0 aromatic carbocycles. The molecule has 0 saturated heterocycles. The molecule has 0 radical (unpaired) electrons. The Hall–Kier alpha value is -1.32. The van der Waals surface area contributed by atoms with Gasteiger partial charge >= 0.3 is 0 Å². The van der Waals surface area contributed by atoms with E-state index in [1.807, 2.05) is 0 Å². The first-order chi connectivity index (χ1) is 4.75. The van der Waals surface area contributed by atoms with Gasteiger partial charge < -0.3 is 9.84 Å². The molecule has 0 spiro atoms. The van der Waals surface area contributed by atoms with Crippen LogP contribution < -0.4 is 4.74 Å². The number of hydrogen-bond acceptors (Lipinski definition) is 4. The third kappa shape index (κ3) is 1.00. The second-order valence-corrected chi connectivity index (χ2v) is 1.82. The van der Waals surface area contributed by atoms with Crippen molar-refractivity contribution in [1.29, 1.82) is 0 Å². The van der Waals surface area contributed by atoms with Gasteiger partial charge in [-0.3, -0.25) is 0 Å². The SMILES string of the molecule is COc1ncnc(C)c1O. The van der Waals surface area contributed by atoms with Crippen molar-refractivity contribution in [2.75, 3.05) is 7.11 Å². The minimum atomic E-state index is 0.00463. The van der Waals surface area contributed by atoms with Crippen molar-refractivity contribution in [3.8, 4) is 11.6 Å². The van der Waals surface area contributed by atoms with E-state index in [1.54, 1.807) is 6.92 Å². The molecule has 1 heterocycles. The highest BCUT2D eigenvalue weighted by Crippen LogP contribution is 2.23. The molecule has 1 aromatic heterocycles. The molecule has 1 aromatic rings. The smallest absolute Gasteiger partial charge is 0.259 e. The molecule has 0 fully saturated rings. The first kappa shape index (κ1) is 6.80. The summed E-state index contributed by atoms with van der Waals surface area (Å²) in [6, 6.07) is 0. The Labute approximate surface area is 58.5 Å². The van der Waals surface area contributed by atoms with Crippen LogP contribution in [-0.4, -0.2) is 22.2 Å². The van der Waals surface area contributed by atoms with Crippen molar-refractivity contribution in [3.63, 3.8) is 0 Å². The number of aromatic nitrogens is 2. The third-order valence-electron chi connectivity index (χ3n) is 1.17. The summed E-state index contributed by atoms with van der Waals surface area (Å²) < 4.78 is 4.72. The van der Waals surface area contributed by atoms with Gasteiger partial charge in [0.25, 0.3) is 5.88 Å². The Morgan fingerprint density at radius 2 is 2.20 bits per heavy atom. The number of aryl methyl sites for hydroxylation is 1. The molecule has 0 aliphatic carbocycles. The number of hydrogen-bond donors (Lipinski definition) is 1. The van der Waals surface area contributed by atoms with Crippen molar-refractivity contribution >= 4 is 0 Å². The van der Waals surface area contributed by atoms with Crippen LogP contribution in [0.25, 0.3) is 0 Å². The Balaban J connectivity index is 3.14. The average molecular weight is 140 g/mol. The summed E-state index contributed by atoms with van der Waals surface area (Å²) in [5.74, 6) is 0.220. The molecule has 4 heteroatoms. The second-order valence-electron chi connectivity index (χ2n) is 1.82. The van der Waals surface area contributed by atoms with E-state index >= 15 is 0 Å². The highest BCUT2D eigenvalue weighted by molar-refractivity contribution is 5.34. The summed E-state index contributed by atoms with van der Waals surface area (Å²) in [6.45, 7) is 1.68. The molecule has 0 saturated carbocycles. The van der Waals surface area contributed by atoms with Crippen LogP contribution in [-0.2, 0) is 0 Å². The quantitative estimate of drug-likeness (QED) is 0.617. The fraction of sp³-hybridized carbons (Fsp3) is 0.333. The maximum absolute atomic E-state index is 9.15. The van der Waals surface area contributed by atoms with Gasteiger partial charge in [0.1, 0.15) is 6.33 Å². The summed E-state index contributed by atoms with van der Waals surface area (Å²) >= 11 is 0. The molecule has 0 aliphatic rings. The van der Waals surface area contributed by atoms with Gasteiger partial charge in [0, 0.05) is 0 Å². The van der Waals surface area contributed by atoms with Crippen molar-refractivity contribution in [3.05, 3.63) is 12.0 Å². The van der Waals surface area contributed by atoms with Gasteiger partial charge in [-0.2, -0.15) is 4.98 Å². The lowest BCUT2D eigenvalue weighted by atomic mass is 10.4. The first-order valence-electron chi connectivity index (χ1n) is 2.80. The highest BCUT2D eigenvalue weighted by Gasteiger charge is 2.04. The third-order valence-corrected chi connectivity index (χ3v) is 1.17. The molecular formula is C6H8N2O2. The van der Waals surface area contributed by atoms with Crippen LogP contribution >= 0.6 is 0 Å². The fourth-order valence-electron chi connectivity index (χ4n) is 0.594. The number of aromatic hydroxyl groups is 1. The zero-order chi connectivity index (χ0) is 7.56. The van der Waals surface area contributed by atoms with Gasteiger partial charge in [0.2, 0.25) is 0 Å². The van der Waals surface area contributed by atoms with Gasteiger partial charge in [0.05, 0.1) is 12.8 Å². The van der Waals surface area contributed by atoms with Gasteiger partial charge in [-0.05, 0) is 6.92 Å². The molecule has 0 unspecified atom stereocenters. The predicted octanol–water partition coefficient (Wildman–Crippen LogP) is 0.499. The second kappa shape index (κ2) is 2.51.